The molecule has 0 aliphatic heterocycles. The van der Waals surface area contributed by atoms with E-state index in [0.29, 0.717) is 13.1 Å². The number of fused-ring (bicyclic) bond motifs is 1. The number of nitrogens with zero attached hydrogens (tertiary/aromatic N) is 1. The number of aromatic amines is 1. The standard InChI is InChI=1S/C20H22BrN3O/c1-24(13-16-6-2-4-8-18(16)21)14-20(25)22-11-10-15-12-23-19-9-5-3-7-17(15)19/h2-9,12,23H,10-11,13-14H2,1H3,(H,22,25). The third-order valence-electron chi connectivity index (χ3n) is 4.20. The number of amides is 1. The van der Waals surface area contributed by atoms with Crippen LogP contribution in [0, 0.1) is 0 Å². The molecule has 1 amide bonds. The summed E-state index contributed by atoms with van der Waals surface area (Å²) in [7, 11) is 1.96. The second-order valence-corrected chi connectivity index (χ2v) is 7.08. The van der Waals surface area contributed by atoms with Crippen molar-refractivity contribution in [1.82, 2.24) is 15.2 Å². The van der Waals surface area contributed by atoms with Crippen LogP contribution in [0.2, 0.25) is 0 Å². The maximum atomic E-state index is 12.1. The van der Waals surface area contributed by atoms with Gasteiger partial charge in [-0.2, -0.15) is 0 Å². The number of rotatable bonds is 7. The fourth-order valence-electron chi connectivity index (χ4n) is 2.95. The van der Waals surface area contributed by atoms with E-state index in [9.17, 15) is 4.79 Å². The van der Waals surface area contributed by atoms with Crippen LogP contribution < -0.4 is 5.32 Å². The van der Waals surface area contributed by atoms with Gasteiger partial charge in [-0.15, -0.1) is 0 Å². The number of nitrogens with one attached hydrogen (secondary N) is 2. The molecule has 25 heavy (non-hydrogen) atoms. The topological polar surface area (TPSA) is 48.1 Å². The van der Waals surface area contributed by atoms with E-state index in [1.807, 2.05) is 48.5 Å². The molecular formula is C20H22BrN3O. The third-order valence-corrected chi connectivity index (χ3v) is 4.98. The Bertz CT molecular complexity index is 859. The summed E-state index contributed by atoms with van der Waals surface area (Å²) in [5.74, 6) is 0.0504. The van der Waals surface area contributed by atoms with Gasteiger partial charge in [0.1, 0.15) is 0 Å². The Balaban J connectivity index is 1.46. The Hall–Kier alpha value is -2.11. The summed E-state index contributed by atoms with van der Waals surface area (Å²) in [6, 6.07) is 16.3. The molecule has 4 nitrogen and oxygen atoms in total. The number of carbonyl (C=O) groups is 1. The SMILES string of the molecule is CN(CC(=O)NCCc1c[nH]c2ccccc12)Cc1ccccc1Br. The number of benzene rings is 2. The molecule has 1 heterocycles. The van der Waals surface area contributed by atoms with Gasteiger partial charge >= 0.3 is 0 Å². The first-order valence-corrected chi connectivity index (χ1v) is 9.16. The molecule has 0 spiro atoms. The van der Waals surface area contributed by atoms with Crippen molar-refractivity contribution >= 4 is 32.7 Å². The summed E-state index contributed by atoms with van der Waals surface area (Å²) < 4.78 is 1.07. The molecule has 3 rings (SSSR count). The number of aromatic nitrogens is 1. The van der Waals surface area contributed by atoms with Gasteiger partial charge in [-0.25, -0.2) is 0 Å². The normalized spacial score (nSPS) is 11.2. The van der Waals surface area contributed by atoms with Crippen LogP contribution in [-0.4, -0.2) is 35.9 Å². The number of hydrogen-bond donors (Lipinski definition) is 2. The van der Waals surface area contributed by atoms with Crippen molar-refractivity contribution in [2.45, 2.75) is 13.0 Å². The van der Waals surface area contributed by atoms with Crippen molar-refractivity contribution in [1.29, 1.82) is 0 Å². The molecule has 2 N–H and O–H groups in total. The number of halogens is 1. The van der Waals surface area contributed by atoms with Crippen LogP contribution in [0.25, 0.3) is 10.9 Å². The van der Waals surface area contributed by atoms with Gasteiger partial charge in [0.25, 0.3) is 0 Å². The predicted molar refractivity (Wildman–Crippen MR) is 105 cm³/mol. The summed E-state index contributed by atoms with van der Waals surface area (Å²) >= 11 is 3.54. The fourth-order valence-corrected chi connectivity index (χ4v) is 3.36. The molecule has 0 atom stereocenters. The zero-order valence-corrected chi connectivity index (χ0v) is 15.8. The lowest BCUT2D eigenvalue weighted by atomic mass is 10.1. The average Bonchev–Trinajstić information content (AvgIpc) is 3.00. The summed E-state index contributed by atoms with van der Waals surface area (Å²) in [4.78, 5) is 17.4. The first kappa shape index (κ1) is 17.7. The largest absolute Gasteiger partial charge is 0.361 e. The molecular weight excluding hydrogens is 378 g/mol. The summed E-state index contributed by atoms with van der Waals surface area (Å²) in [5.41, 5.74) is 3.55. The van der Waals surface area contributed by atoms with Gasteiger partial charge in [0.15, 0.2) is 0 Å². The Kier molecular flexibility index (Phi) is 5.89. The van der Waals surface area contributed by atoms with Crippen LogP contribution in [0.3, 0.4) is 0 Å². The minimum atomic E-state index is 0.0504. The van der Waals surface area contributed by atoms with Crippen LogP contribution in [0.15, 0.2) is 59.2 Å². The van der Waals surface area contributed by atoms with Crippen molar-refractivity contribution in [2.75, 3.05) is 20.1 Å². The molecule has 5 heteroatoms. The molecule has 0 saturated carbocycles. The molecule has 3 aromatic rings. The van der Waals surface area contributed by atoms with E-state index in [2.05, 4.69) is 44.4 Å². The molecule has 0 aliphatic carbocycles. The zero-order valence-electron chi connectivity index (χ0n) is 14.3. The molecule has 0 saturated heterocycles. The highest BCUT2D eigenvalue weighted by Crippen LogP contribution is 2.18. The maximum absolute atomic E-state index is 12.1. The maximum Gasteiger partial charge on any atom is 0.234 e. The molecule has 0 radical (unpaired) electrons. The number of hydrogen-bond acceptors (Lipinski definition) is 2. The van der Waals surface area contributed by atoms with Crippen molar-refractivity contribution in [3.05, 3.63) is 70.3 Å². The number of H-pyrrole nitrogens is 1. The second kappa shape index (κ2) is 8.32. The minimum Gasteiger partial charge on any atom is -0.361 e. The van der Waals surface area contributed by atoms with E-state index >= 15 is 0 Å². The van der Waals surface area contributed by atoms with Crippen molar-refractivity contribution in [3.63, 3.8) is 0 Å². The molecule has 130 valence electrons. The molecule has 1 aromatic heterocycles. The summed E-state index contributed by atoms with van der Waals surface area (Å²) in [6.45, 7) is 1.76. The number of carbonyl (C=O) groups excluding carboxylic acids is 1. The lowest BCUT2D eigenvalue weighted by Crippen LogP contribution is -2.35. The Morgan fingerprint density at radius 3 is 2.72 bits per heavy atom. The Labute approximate surface area is 156 Å². The van der Waals surface area contributed by atoms with Crippen molar-refractivity contribution in [3.8, 4) is 0 Å². The second-order valence-electron chi connectivity index (χ2n) is 6.22. The Morgan fingerprint density at radius 2 is 1.88 bits per heavy atom. The summed E-state index contributed by atoms with van der Waals surface area (Å²) in [6.07, 6.45) is 2.85. The van der Waals surface area contributed by atoms with Crippen LogP contribution in [-0.2, 0) is 17.8 Å². The molecule has 0 fully saturated rings. The molecule has 0 unspecified atom stereocenters. The first-order chi connectivity index (χ1) is 12.1. The zero-order chi connectivity index (χ0) is 17.6. The van der Waals surface area contributed by atoms with Gasteiger partial charge in [-0.05, 0) is 36.7 Å². The molecule has 2 aromatic carbocycles. The van der Waals surface area contributed by atoms with Crippen LogP contribution in [0.1, 0.15) is 11.1 Å². The lowest BCUT2D eigenvalue weighted by molar-refractivity contribution is -0.122. The number of para-hydroxylation sites is 1. The Morgan fingerprint density at radius 1 is 1.12 bits per heavy atom. The predicted octanol–water partition coefficient (Wildman–Crippen LogP) is 3.72. The van der Waals surface area contributed by atoms with Crippen LogP contribution in [0.4, 0.5) is 0 Å². The van der Waals surface area contributed by atoms with Gasteiger partial charge in [0, 0.05) is 34.7 Å². The number of likely N-dealkylation sites (N-methyl/N-ethyl adjacent to an activating group) is 1. The van der Waals surface area contributed by atoms with E-state index in [0.717, 1.165) is 23.0 Å². The minimum absolute atomic E-state index is 0.0504. The van der Waals surface area contributed by atoms with Crippen LogP contribution in [0.5, 0.6) is 0 Å². The van der Waals surface area contributed by atoms with E-state index in [1.54, 1.807) is 0 Å². The van der Waals surface area contributed by atoms with E-state index < -0.39 is 0 Å². The third kappa shape index (κ3) is 4.71. The highest BCUT2D eigenvalue weighted by atomic mass is 79.9. The van der Waals surface area contributed by atoms with Crippen molar-refractivity contribution < 1.29 is 4.79 Å². The van der Waals surface area contributed by atoms with E-state index in [4.69, 9.17) is 0 Å². The van der Waals surface area contributed by atoms with Gasteiger partial charge in [0.2, 0.25) is 5.91 Å². The average molecular weight is 400 g/mol. The first-order valence-electron chi connectivity index (χ1n) is 8.37. The van der Waals surface area contributed by atoms with Crippen LogP contribution >= 0.6 is 15.9 Å². The molecule has 0 aliphatic rings. The quantitative estimate of drug-likeness (QED) is 0.635. The highest BCUT2D eigenvalue weighted by Gasteiger charge is 2.09. The van der Waals surface area contributed by atoms with Gasteiger partial charge < -0.3 is 10.3 Å². The summed E-state index contributed by atoms with van der Waals surface area (Å²) in [5, 5.41) is 4.24. The van der Waals surface area contributed by atoms with Gasteiger partial charge in [0.05, 0.1) is 6.54 Å². The van der Waals surface area contributed by atoms with Gasteiger partial charge in [-0.1, -0.05) is 52.3 Å². The van der Waals surface area contributed by atoms with Gasteiger partial charge in [-0.3, -0.25) is 9.69 Å². The lowest BCUT2D eigenvalue weighted by Gasteiger charge is -2.17. The highest BCUT2D eigenvalue weighted by molar-refractivity contribution is 9.10. The fraction of sp³-hybridized carbons (Fsp3) is 0.250. The van der Waals surface area contributed by atoms with Crippen molar-refractivity contribution in [2.24, 2.45) is 0 Å². The smallest absolute Gasteiger partial charge is 0.234 e. The van der Waals surface area contributed by atoms with E-state index in [-0.39, 0.29) is 5.91 Å². The monoisotopic (exact) mass is 399 g/mol. The van der Waals surface area contributed by atoms with E-state index in [1.165, 1.54) is 16.5 Å². The molecule has 0 bridgehead atoms.